The van der Waals surface area contributed by atoms with E-state index in [4.69, 9.17) is 0 Å². The van der Waals surface area contributed by atoms with Crippen LogP contribution < -0.4 is 10.4 Å². The maximum absolute atomic E-state index is 12.8. The number of aryl methyl sites for hydroxylation is 2. The van der Waals surface area contributed by atoms with Gasteiger partial charge in [-0.1, -0.05) is 18.2 Å². The quantitative estimate of drug-likeness (QED) is 0.567. The van der Waals surface area contributed by atoms with Crippen molar-refractivity contribution in [3.8, 4) is 5.82 Å². The monoisotopic (exact) mass is 372 g/mol. The van der Waals surface area contributed by atoms with Gasteiger partial charge in [0, 0.05) is 17.6 Å². The molecule has 1 fully saturated rings. The lowest BCUT2D eigenvalue weighted by molar-refractivity contribution is -0.117. The zero-order valence-electron chi connectivity index (χ0n) is 15.9. The van der Waals surface area contributed by atoms with Crippen LogP contribution in [0.1, 0.15) is 22.5 Å². The van der Waals surface area contributed by atoms with Crippen LogP contribution in [0.5, 0.6) is 0 Å². The number of pyridine rings is 1. The minimum absolute atomic E-state index is 0.112. The van der Waals surface area contributed by atoms with Crippen molar-refractivity contribution in [1.82, 2.24) is 15.0 Å². The van der Waals surface area contributed by atoms with E-state index in [-0.39, 0.29) is 11.5 Å². The smallest absolute Gasteiger partial charge is 0.282 e. The summed E-state index contributed by atoms with van der Waals surface area (Å²) in [6.45, 7) is 5.95. The van der Waals surface area contributed by atoms with Crippen LogP contribution >= 0.6 is 0 Å². The molecule has 1 aliphatic heterocycles. The number of hydrogen-bond acceptors (Lipinski definition) is 3. The van der Waals surface area contributed by atoms with Crippen molar-refractivity contribution in [3.63, 3.8) is 0 Å². The number of aromatic nitrogens is 2. The zero-order valence-corrected chi connectivity index (χ0v) is 15.9. The van der Waals surface area contributed by atoms with Crippen LogP contribution in [0.15, 0.2) is 60.3 Å². The summed E-state index contributed by atoms with van der Waals surface area (Å²) >= 11 is 0. The number of para-hydroxylation sites is 1. The summed E-state index contributed by atoms with van der Waals surface area (Å²) in [7, 11) is 0. The highest BCUT2D eigenvalue weighted by molar-refractivity contribution is 6.31. The molecule has 0 aliphatic carbocycles. The lowest BCUT2D eigenvalue weighted by Crippen LogP contribution is -2.35. The van der Waals surface area contributed by atoms with Gasteiger partial charge in [0.1, 0.15) is 11.4 Å². The number of carbonyl (C=O) groups is 2. The van der Waals surface area contributed by atoms with Gasteiger partial charge in [0.15, 0.2) is 0 Å². The van der Waals surface area contributed by atoms with Gasteiger partial charge < -0.3 is 4.57 Å². The Morgan fingerprint density at radius 2 is 1.75 bits per heavy atom. The van der Waals surface area contributed by atoms with E-state index < -0.39 is 5.91 Å². The largest absolute Gasteiger partial charge is 0.303 e. The van der Waals surface area contributed by atoms with Crippen molar-refractivity contribution in [1.29, 1.82) is 0 Å². The molecule has 2 aromatic heterocycles. The number of carbonyl (C=O) groups excluding carboxylic acids is 2. The molecule has 1 aromatic carbocycles. The van der Waals surface area contributed by atoms with E-state index in [1.807, 2.05) is 61.7 Å². The average Bonchev–Trinajstić information content (AvgIpc) is 3.12. The zero-order chi connectivity index (χ0) is 19.8. The Labute approximate surface area is 163 Å². The highest BCUT2D eigenvalue weighted by Crippen LogP contribution is 2.25. The lowest BCUT2D eigenvalue weighted by atomic mass is 10.1. The summed E-state index contributed by atoms with van der Waals surface area (Å²) in [6.07, 6.45) is 3.42. The Morgan fingerprint density at radius 3 is 2.46 bits per heavy atom. The SMILES string of the molecule is Cc1ccnc(-n2c(C)cc(/C=C3/C(=O)NN(c4ccccc4)C3=O)c2C)c1. The molecule has 6 heteroatoms. The summed E-state index contributed by atoms with van der Waals surface area (Å²) < 4.78 is 2.02. The van der Waals surface area contributed by atoms with Gasteiger partial charge in [-0.2, -0.15) is 0 Å². The summed E-state index contributed by atoms with van der Waals surface area (Å²) in [6, 6.07) is 14.9. The van der Waals surface area contributed by atoms with Crippen LogP contribution in [0.3, 0.4) is 0 Å². The molecule has 1 N–H and O–H groups in total. The Hall–Kier alpha value is -3.67. The molecule has 0 spiro atoms. The third-order valence-corrected chi connectivity index (χ3v) is 4.81. The Bertz CT molecular complexity index is 1110. The van der Waals surface area contributed by atoms with E-state index >= 15 is 0 Å². The fraction of sp³-hybridized carbons (Fsp3) is 0.136. The minimum Gasteiger partial charge on any atom is -0.303 e. The Morgan fingerprint density at radius 1 is 1.00 bits per heavy atom. The molecular formula is C22H20N4O2. The minimum atomic E-state index is -0.410. The van der Waals surface area contributed by atoms with E-state index in [9.17, 15) is 9.59 Å². The van der Waals surface area contributed by atoms with Crippen molar-refractivity contribution >= 4 is 23.6 Å². The highest BCUT2D eigenvalue weighted by atomic mass is 16.2. The molecule has 0 atom stereocenters. The van der Waals surface area contributed by atoms with Gasteiger partial charge in [-0.05, 0) is 68.3 Å². The summed E-state index contributed by atoms with van der Waals surface area (Å²) in [4.78, 5) is 29.7. The Kier molecular flexibility index (Phi) is 4.31. The van der Waals surface area contributed by atoms with Gasteiger partial charge in [0.2, 0.25) is 0 Å². The van der Waals surface area contributed by atoms with Gasteiger partial charge in [-0.15, -0.1) is 0 Å². The molecule has 3 heterocycles. The molecular weight excluding hydrogens is 352 g/mol. The first-order valence-corrected chi connectivity index (χ1v) is 9.00. The average molecular weight is 372 g/mol. The molecule has 0 radical (unpaired) electrons. The van der Waals surface area contributed by atoms with Crippen LogP contribution in [0.4, 0.5) is 5.69 Å². The summed E-state index contributed by atoms with van der Waals surface area (Å²) in [5, 5.41) is 1.27. The van der Waals surface area contributed by atoms with Crippen molar-refractivity contribution in [3.05, 3.63) is 82.8 Å². The van der Waals surface area contributed by atoms with Crippen molar-refractivity contribution in [2.45, 2.75) is 20.8 Å². The van der Waals surface area contributed by atoms with Crippen LogP contribution in [0.25, 0.3) is 11.9 Å². The first kappa shape index (κ1) is 17.7. The van der Waals surface area contributed by atoms with E-state index in [2.05, 4.69) is 10.4 Å². The van der Waals surface area contributed by atoms with Gasteiger partial charge in [-0.25, -0.2) is 9.99 Å². The standard InChI is InChI=1S/C22H20N4O2/c1-14-9-10-23-20(11-14)25-15(2)12-17(16(25)3)13-19-21(27)24-26(22(19)28)18-7-5-4-6-8-18/h4-13H,1-3H3,(H,24,27)/b19-13-. The number of hydrazine groups is 1. The second-order valence-electron chi connectivity index (χ2n) is 6.83. The predicted molar refractivity (Wildman–Crippen MR) is 108 cm³/mol. The maximum Gasteiger partial charge on any atom is 0.282 e. The second-order valence-corrected chi connectivity index (χ2v) is 6.83. The number of hydrogen-bond donors (Lipinski definition) is 1. The molecule has 4 rings (SSSR count). The number of rotatable bonds is 3. The third kappa shape index (κ3) is 2.99. The third-order valence-electron chi connectivity index (χ3n) is 4.81. The van der Waals surface area contributed by atoms with E-state index in [0.29, 0.717) is 5.69 Å². The summed E-state index contributed by atoms with van der Waals surface area (Å²) in [5.41, 5.74) is 7.19. The number of benzene rings is 1. The molecule has 3 aromatic rings. The molecule has 1 saturated heterocycles. The first-order valence-electron chi connectivity index (χ1n) is 9.00. The highest BCUT2D eigenvalue weighted by Gasteiger charge is 2.34. The lowest BCUT2D eigenvalue weighted by Gasteiger charge is -2.13. The molecule has 2 amide bonds. The first-order chi connectivity index (χ1) is 13.5. The number of anilines is 1. The molecule has 6 nitrogen and oxygen atoms in total. The van der Waals surface area contributed by atoms with Crippen molar-refractivity contribution in [2.24, 2.45) is 0 Å². The summed E-state index contributed by atoms with van der Waals surface area (Å²) in [5.74, 6) is 0.0368. The van der Waals surface area contributed by atoms with Gasteiger partial charge in [0.25, 0.3) is 11.8 Å². The normalized spacial score (nSPS) is 15.4. The molecule has 0 bridgehead atoms. The molecule has 0 saturated carbocycles. The fourth-order valence-corrected chi connectivity index (χ4v) is 3.40. The van der Waals surface area contributed by atoms with E-state index in [1.165, 1.54) is 5.01 Å². The topological polar surface area (TPSA) is 67.2 Å². The van der Waals surface area contributed by atoms with Gasteiger partial charge in [0.05, 0.1) is 5.69 Å². The number of nitrogens with zero attached hydrogens (tertiary/aromatic N) is 3. The van der Waals surface area contributed by atoms with Crippen LogP contribution in [0.2, 0.25) is 0 Å². The van der Waals surface area contributed by atoms with E-state index in [0.717, 1.165) is 28.3 Å². The van der Waals surface area contributed by atoms with E-state index in [1.54, 1.807) is 24.4 Å². The molecule has 140 valence electrons. The van der Waals surface area contributed by atoms with Gasteiger partial charge in [-0.3, -0.25) is 15.0 Å². The maximum atomic E-state index is 12.8. The second kappa shape index (κ2) is 6.81. The van der Waals surface area contributed by atoms with Crippen LogP contribution in [-0.2, 0) is 9.59 Å². The van der Waals surface area contributed by atoms with Crippen LogP contribution in [0, 0.1) is 20.8 Å². The van der Waals surface area contributed by atoms with Crippen molar-refractivity contribution < 1.29 is 9.59 Å². The fourth-order valence-electron chi connectivity index (χ4n) is 3.40. The number of nitrogens with one attached hydrogen (secondary N) is 1. The molecule has 1 aliphatic rings. The van der Waals surface area contributed by atoms with Crippen molar-refractivity contribution in [2.75, 3.05) is 5.01 Å². The van der Waals surface area contributed by atoms with Crippen LogP contribution in [-0.4, -0.2) is 21.4 Å². The molecule has 0 unspecified atom stereocenters. The van der Waals surface area contributed by atoms with Gasteiger partial charge >= 0.3 is 0 Å². The Balaban J connectivity index is 1.73. The predicted octanol–water partition coefficient (Wildman–Crippen LogP) is 3.26. The number of amides is 2. The molecule has 28 heavy (non-hydrogen) atoms.